The van der Waals surface area contributed by atoms with Crippen LogP contribution in [0.1, 0.15) is 36.9 Å². The van der Waals surface area contributed by atoms with Gasteiger partial charge in [-0.2, -0.15) is 0 Å². The molecule has 41 heavy (non-hydrogen) atoms. The number of hydrogen-bond donors (Lipinski definition) is 2. The van der Waals surface area contributed by atoms with Gasteiger partial charge in [-0.05, 0) is 73.6 Å². The topological polar surface area (TPSA) is 113 Å². The standard InChI is InChI=1S/C30H25N5O4S2/c1-18-9-11-20(12-10-18)17-24-28(38)35(22-7-5-4-6-8-22)30(40-24)34-33-27(37)25-19(2)31-29(41-25)32-26(36)21-13-15-23(39-3)16-14-21/h4-17H,1-3H3,(H,33,37)(H,31,32,36)/b24-17-,34-30-. The quantitative estimate of drug-likeness (QED) is 0.209. The van der Waals surface area contributed by atoms with E-state index < -0.39 is 5.91 Å². The number of aromatic nitrogens is 1. The van der Waals surface area contributed by atoms with Crippen LogP contribution in [0.4, 0.5) is 10.8 Å². The number of thioether (sulfide) groups is 1. The summed E-state index contributed by atoms with van der Waals surface area (Å²) in [6, 6.07) is 23.6. The Morgan fingerprint density at radius 1 is 0.951 bits per heavy atom. The first-order chi connectivity index (χ1) is 19.8. The SMILES string of the molecule is COc1ccc(C(=O)Nc2nc(C)c(C(=O)N/N=C3\S/C(=C\c4ccc(C)cc4)C(=O)N3c3ccccc3)s2)cc1. The number of carbonyl (C=O) groups excluding carboxylic acids is 3. The first kappa shape index (κ1) is 27.8. The molecule has 206 valence electrons. The highest BCUT2D eigenvalue weighted by molar-refractivity contribution is 8.19. The number of nitrogens with zero attached hydrogens (tertiary/aromatic N) is 3. The smallest absolute Gasteiger partial charge is 0.283 e. The number of methoxy groups -OCH3 is 1. The van der Waals surface area contributed by atoms with Gasteiger partial charge >= 0.3 is 0 Å². The number of aryl methyl sites for hydroxylation is 2. The van der Waals surface area contributed by atoms with E-state index in [9.17, 15) is 14.4 Å². The zero-order valence-corrected chi connectivity index (χ0v) is 24.0. The van der Waals surface area contributed by atoms with Crippen LogP contribution < -0.4 is 20.4 Å². The van der Waals surface area contributed by atoms with Gasteiger partial charge in [0.15, 0.2) is 10.3 Å². The molecule has 2 N–H and O–H groups in total. The lowest BCUT2D eigenvalue weighted by molar-refractivity contribution is -0.113. The van der Waals surface area contributed by atoms with E-state index in [4.69, 9.17) is 4.74 Å². The third kappa shape index (κ3) is 6.37. The number of hydrogen-bond acceptors (Lipinski definition) is 8. The van der Waals surface area contributed by atoms with E-state index >= 15 is 0 Å². The number of anilines is 2. The predicted octanol–water partition coefficient (Wildman–Crippen LogP) is 5.84. The summed E-state index contributed by atoms with van der Waals surface area (Å²) in [6.07, 6.45) is 1.80. The predicted molar refractivity (Wildman–Crippen MR) is 163 cm³/mol. The summed E-state index contributed by atoms with van der Waals surface area (Å²) < 4.78 is 5.12. The molecule has 4 aromatic rings. The van der Waals surface area contributed by atoms with Gasteiger partial charge in [0, 0.05) is 5.56 Å². The first-order valence-electron chi connectivity index (χ1n) is 12.5. The molecule has 0 unspecified atom stereocenters. The zero-order chi connectivity index (χ0) is 28.9. The van der Waals surface area contributed by atoms with Crippen LogP contribution in [0.15, 0.2) is 88.9 Å². The second-order valence-corrected chi connectivity index (χ2v) is 11.0. The number of benzene rings is 3. The Bertz CT molecular complexity index is 1660. The molecule has 9 nitrogen and oxygen atoms in total. The summed E-state index contributed by atoms with van der Waals surface area (Å²) in [5.41, 5.74) is 6.05. The molecule has 1 aromatic heterocycles. The maximum Gasteiger partial charge on any atom is 0.283 e. The van der Waals surface area contributed by atoms with E-state index in [0.29, 0.717) is 32.8 Å². The highest BCUT2D eigenvalue weighted by Crippen LogP contribution is 2.36. The minimum absolute atomic E-state index is 0.243. The Hall–Kier alpha value is -4.74. The summed E-state index contributed by atoms with van der Waals surface area (Å²) in [5, 5.41) is 7.62. The van der Waals surface area contributed by atoms with Crippen molar-refractivity contribution < 1.29 is 19.1 Å². The van der Waals surface area contributed by atoms with Gasteiger partial charge in [0.25, 0.3) is 17.7 Å². The van der Waals surface area contributed by atoms with Gasteiger partial charge in [-0.25, -0.2) is 10.4 Å². The molecule has 0 bridgehead atoms. The molecule has 2 heterocycles. The number of thiazole rings is 1. The molecule has 0 aliphatic carbocycles. The van der Waals surface area contributed by atoms with Gasteiger partial charge in [0.1, 0.15) is 10.6 Å². The van der Waals surface area contributed by atoms with Crippen molar-refractivity contribution in [3.05, 3.63) is 111 Å². The van der Waals surface area contributed by atoms with Gasteiger partial charge in [0.2, 0.25) is 0 Å². The molecule has 1 fully saturated rings. The minimum atomic E-state index is -0.505. The van der Waals surface area contributed by atoms with Gasteiger partial charge < -0.3 is 4.74 Å². The lowest BCUT2D eigenvalue weighted by Gasteiger charge is -2.15. The molecular weight excluding hydrogens is 558 g/mol. The maximum atomic E-state index is 13.4. The van der Waals surface area contributed by atoms with Gasteiger partial charge in [-0.3, -0.25) is 24.6 Å². The van der Waals surface area contributed by atoms with Crippen LogP contribution in [-0.4, -0.2) is 35.0 Å². The van der Waals surface area contributed by atoms with Crippen LogP contribution >= 0.6 is 23.1 Å². The van der Waals surface area contributed by atoms with Crippen molar-refractivity contribution in [1.82, 2.24) is 10.4 Å². The van der Waals surface area contributed by atoms with E-state index in [-0.39, 0.29) is 21.8 Å². The molecule has 5 rings (SSSR count). The molecule has 3 amide bonds. The molecule has 1 saturated heterocycles. The van der Waals surface area contributed by atoms with Gasteiger partial charge in [-0.15, -0.1) is 5.10 Å². The van der Waals surface area contributed by atoms with E-state index in [2.05, 4.69) is 20.8 Å². The number of carbonyl (C=O) groups is 3. The van der Waals surface area contributed by atoms with Crippen LogP contribution in [0.2, 0.25) is 0 Å². The number of hydrazone groups is 1. The zero-order valence-electron chi connectivity index (χ0n) is 22.4. The van der Waals surface area contributed by atoms with Crippen molar-refractivity contribution in [2.24, 2.45) is 5.10 Å². The van der Waals surface area contributed by atoms with Crippen molar-refractivity contribution in [2.75, 3.05) is 17.3 Å². The lowest BCUT2D eigenvalue weighted by Crippen LogP contribution is -2.31. The number of amides is 3. The summed E-state index contributed by atoms with van der Waals surface area (Å²) in [5.74, 6) is -0.472. The Kier molecular flexibility index (Phi) is 8.27. The molecule has 0 radical (unpaired) electrons. The van der Waals surface area contributed by atoms with Crippen LogP contribution in [0.3, 0.4) is 0 Å². The van der Waals surface area contributed by atoms with E-state index in [1.54, 1.807) is 56.5 Å². The summed E-state index contributed by atoms with van der Waals surface area (Å²) in [6.45, 7) is 3.67. The fourth-order valence-electron chi connectivity index (χ4n) is 3.89. The molecule has 3 aromatic carbocycles. The number of amidine groups is 1. The molecule has 0 saturated carbocycles. The third-order valence-corrected chi connectivity index (χ3v) is 8.06. The van der Waals surface area contributed by atoms with Crippen molar-refractivity contribution >= 4 is 62.9 Å². The summed E-state index contributed by atoms with van der Waals surface area (Å²) >= 11 is 2.20. The van der Waals surface area contributed by atoms with E-state index in [1.807, 2.05) is 49.4 Å². The second kappa shape index (κ2) is 12.2. The van der Waals surface area contributed by atoms with E-state index in [1.165, 1.54) is 16.7 Å². The number of nitrogens with one attached hydrogen (secondary N) is 2. The average molecular weight is 584 g/mol. The molecule has 0 atom stereocenters. The number of para-hydroxylation sites is 1. The highest BCUT2D eigenvalue weighted by Gasteiger charge is 2.35. The van der Waals surface area contributed by atoms with Gasteiger partial charge in [-0.1, -0.05) is 59.4 Å². The normalized spacial score (nSPS) is 14.9. The Balaban J connectivity index is 1.34. The molecule has 0 spiro atoms. The first-order valence-corrected chi connectivity index (χ1v) is 14.1. The highest BCUT2D eigenvalue weighted by atomic mass is 32.2. The Labute approximate surface area is 244 Å². The van der Waals surface area contributed by atoms with Crippen molar-refractivity contribution in [3.63, 3.8) is 0 Å². The summed E-state index contributed by atoms with van der Waals surface area (Å²) in [4.78, 5) is 45.7. The average Bonchev–Trinajstić information content (AvgIpc) is 3.51. The molecular formula is C30H25N5O4S2. The van der Waals surface area contributed by atoms with E-state index in [0.717, 1.165) is 22.5 Å². The fourth-order valence-corrected chi connectivity index (χ4v) is 5.68. The Morgan fingerprint density at radius 2 is 1.66 bits per heavy atom. The molecule has 1 aliphatic rings. The maximum absolute atomic E-state index is 13.4. The monoisotopic (exact) mass is 583 g/mol. The van der Waals surface area contributed by atoms with Crippen LogP contribution in [0, 0.1) is 13.8 Å². The number of rotatable bonds is 7. The van der Waals surface area contributed by atoms with Crippen molar-refractivity contribution in [2.45, 2.75) is 13.8 Å². The molecule has 1 aliphatic heterocycles. The van der Waals surface area contributed by atoms with Crippen LogP contribution in [0.5, 0.6) is 5.75 Å². The third-order valence-electron chi connectivity index (χ3n) is 6.02. The second-order valence-electron chi connectivity index (χ2n) is 8.95. The lowest BCUT2D eigenvalue weighted by atomic mass is 10.1. The van der Waals surface area contributed by atoms with Crippen molar-refractivity contribution in [3.8, 4) is 5.75 Å². The van der Waals surface area contributed by atoms with Crippen LogP contribution in [-0.2, 0) is 4.79 Å². The van der Waals surface area contributed by atoms with Gasteiger partial charge in [0.05, 0.1) is 23.4 Å². The summed E-state index contributed by atoms with van der Waals surface area (Å²) in [7, 11) is 1.55. The van der Waals surface area contributed by atoms with Crippen molar-refractivity contribution in [1.29, 1.82) is 0 Å². The molecule has 11 heteroatoms. The minimum Gasteiger partial charge on any atom is -0.497 e. The Morgan fingerprint density at radius 3 is 2.34 bits per heavy atom. The largest absolute Gasteiger partial charge is 0.497 e. The van der Waals surface area contributed by atoms with Crippen LogP contribution in [0.25, 0.3) is 6.08 Å². The fraction of sp³-hybridized carbons (Fsp3) is 0.100. The number of ether oxygens (including phenoxy) is 1.